The number of aromatic nitrogens is 2. The normalized spacial score (nSPS) is 19.0. The van der Waals surface area contributed by atoms with Crippen LogP contribution < -0.4 is 11.1 Å². The summed E-state index contributed by atoms with van der Waals surface area (Å²) in [5.74, 6) is -0.284. The first-order valence-corrected chi connectivity index (χ1v) is 14.4. The summed E-state index contributed by atoms with van der Waals surface area (Å²) in [6, 6.07) is 7.40. The molecule has 1 aliphatic heterocycles. The molecule has 0 atom stereocenters. The van der Waals surface area contributed by atoms with E-state index in [4.69, 9.17) is 17.3 Å². The molecule has 2 aliphatic rings. The first kappa shape index (κ1) is 28.9. The van der Waals surface area contributed by atoms with Gasteiger partial charge in [-0.25, -0.2) is 4.98 Å². The summed E-state index contributed by atoms with van der Waals surface area (Å²) in [6.07, 6.45) is 5.88. The predicted molar refractivity (Wildman–Crippen MR) is 154 cm³/mol. The van der Waals surface area contributed by atoms with Crippen LogP contribution in [0.25, 0.3) is 10.8 Å². The Labute approximate surface area is 237 Å². The summed E-state index contributed by atoms with van der Waals surface area (Å²) in [7, 11) is 3.90. The highest BCUT2D eigenvalue weighted by molar-refractivity contribution is 7.13. The number of thiazole rings is 1. The van der Waals surface area contributed by atoms with Crippen LogP contribution in [0.1, 0.15) is 63.5 Å². The number of amides is 3. The van der Waals surface area contributed by atoms with E-state index in [1.54, 1.807) is 23.2 Å². The lowest BCUT2D eigenvalue weighted by Gasteiger charge is -2.30. The zero-order chi connectivity index (χ0) is 28.1. The Balaban J connectivity index is 0.000000226. The molecule has 3 amide bonds. The number of carbonyl (C=O) groups is 3. The van der Waals surface area contributed by atoms with Gasteiger partial charge in [0.2, 0.25) is 5.91 Å². The Bertz CT molecular complexity index is 1350. The van der Waals surface area contributed by atoms with Crippen LogP contribution >= 0.6 is 22.9 Å². The zero-order valence-electron chi connectivity index (χ0n) is 22.6. The number of rotatable bonds is 5. The van der Waals surface area contributed by atoms with Crippen molar-refractivity contribution < 1.29 is 14.4 Å². The molecule has 1 saturated carbocycles. The minimum atomic E-state index is -0.415. The van der Waals surface area contributed by atoms with Crippen LogP contribution in [0.15, 0.2) is 30.5 Å². The molecular weight excluding hydrogens is 536 g/mol. The molecule has 5 rings (SSSR count). The Morgan fingerprint density at radius 2 is 1.92 bits per heavy atom. The highest BCUT2D eigenvalue weighted by Gasteiger charge is 2.29. The van der Waals surface area contributed by atoms with Gasteiger partial charge >= 0.3 is 0 Å². The maximum absolute atomic E-state index is 12.5. The standard InChI is InChI=1S/C20H24ClN3O2.C8H11N3OS/c1-3-24(2)20(26)13-5-8-17(9-6-13)23-19(25)18-11-14-4-7-16(21)10-15(14)12-22-18;1-11-3-2-5-6(4-11)13-8(10-5)7(9)12/h4,7,10-13,17H,3,5-6,8-9H2,1-2H3,(H,23,25);2-4H2,1H3,(H2,9,12). The van der Waals surface area contributed by atoms with Gasteiger partial charge < -0.3 is 20.9 Å². The Morgan fingerprint density at radius 1 is 1.18 bits per heavy atom. The third-order valence-electron chi connectivity index (χ3n) is 7.31. The summed E-state index contributed by atoms with van der Waals surface area (Å²) >= 11 is 7.40. The third-order valence-corrected chi connectivity index (χ3v) is 8.64. The number of halogens is 1. The van der Waals surface area contributed by atoms with Gasteiger partial charge in [0.15, 0.2) is 5.01 Å². The van der Waals surface area contributed by atoms with Gasteiger partial charge in [-0.05, 0) is 63.2 Å². The lowest BCUT2D eigenvalue weighted by Crippen LogP contribution is -2.41. The molecular formula is C28H35ClN6O3S. The van der Waals surface area contributed by atoms with Crippen molar-refractivity contribution in [1.82, 2.24) is 25.1 Å². The maximum atomic E-state index is 12.5. The van der Waals surface area contributed by atoms with E-state index in [1.807, 2.05) is 26.1 Å². The first-order valence-electron chi connectivity index (χ1n) is 13.2. The van der Waals surface area contributed by atoms with Crippen molar-refractivity contribution in [2.75, 3.05) is 27.2 Å². The highest BCUT2D eigenvalue weighted by Crippen LogP contribution is 2.27. The van der Waals surface area contributed by atoms with Crippen molar-refractivity contribution in [1.29, 1.82) is 0 Å². The number of hydrogen-bond acceptors (Lipinski definition) is 7. The molecule has 0 bridgehead atoms. The molecule has 0 radical (unpaired) electrons. The van der Waals surface area contributed by atoms with Crippen molar-refractivity contribution in [2.24, 2.45) is 11.7 Å². The number of primary amides is 1. The molecule has 1 aromatic carbocycles. The SMILES string of the molecule is CCN(C)C(=O)C1CCC(NC(=O)c2cc3ccc(Cl)cc3cn2)CC1.CN1CCc2nc(C(N)=O)sc2C1. The van der Waals surface area contributed by atoms with Gasteiger partial charge in [-0.2, -0.15) is 0 Å². The number of hydrogen-bond donors (Lipinski definition) is 2. The highest BCUT2D eigenvalue weighted by atomic mass is 35.5. The molecule has 0 saturated heterocycles. The minimum Gasteiger partial charge on any atom is -0.364 e. The van der Waals surface area contributed by atoms with Crippen LogP contribution in [-0.2, 0) is 17.8 Å². The number of benzene rings is 1. The van der Waals surface area contributed by atoms with Gasteiger partial charge in [0, 0.05) is 66.5 Å². The second kappa shape index (κ2) is 12.8. The summed E-state index contributed by atoms with van der Waals surface area (Å²) in [6.45, 7) is 4.61. The number of nitrogens with two attached hydrogens (primary N) is 1. The van der Waals surface area contributed by atoms with Gasteiger partial charge in [-0.1, -0.05) is 17.7 Å². The van der Waals surface area contributed by atoms with E-state index >= 15 is 0 Å². The van der Waals surface area contributed by atoms with Gasteiger partial charge in [-0.3, -0.25) is 19.4 Å². The number of pyridine rings is 1. The molecule has 11 heteroatoms. The number of nitrogens with zero attached hydrogens (tertiary/aromatic N) is 4. The number of carbonyl (C=O) groups excluding carboxylic acids is 3. The first-order chi connectivity index (χ1) is 18.6. The summed E-state index contributed by atoms with van der Waals surface area (Å²) in [4.78, 5) is 49.3. The fourth-order valence-corrected chi connectivity index (χ4v) is 6.10. The van der Waals surface area contributed by atoms with E-state index in [0.717, 1.165) is 68.2 Å². The quantitative estimate of drug-likeness (QED) is 0.480. The summed E-state index contributed by atoms with van der Waals surface area (Å²) < 4.78 is 0. The van der Waals surface area contributed by atoms with Gasteiger partial charge in [0.1, 0.15) is 5.69 Å². The van der Waals surface area contributed by atoms with E-state index in [-0.39, 0.29) is 23.8 Å². The molecule has 39 heavy (non-hydrogen) atoms. The van der Waals surface area contributed by atoms with Crippen molar-refractivity contribution in [3.63, 3.8) is 0 Å². The summed E-state index contributed by atoms with van der Waals surface area (Å²) in [5.41, 5.74) is 6.61. The largest absolute Gasteiger partial charge is 0.364 e. The van der Waals surface area contributed by atoms with E-state index in [1.165, 1.54) is 16.2 Å². The summed E-state index contributed by atoms with van der Waals surface area (Å²) in [5, 5.41) is 6.00. The van der Waals surface area contributed by atoms with Crippen molar-refractivity contribution >= 4 is 51.4 Å². The topological polar surface area (TPSA) is 122 Å². The predicted octanol–water partition coefficient (Wildman–Crippen LogP) is 3.89. The molecule has 9 nitrogen and oxygen atoms in total. The molecule has 3 aromatic rings. The lowest BCUT2D eigenvalue weighted by molar-refractivity contribution is -0.135. The number of likely N-dealkylation sites (N-methyl/N-ethyl adjacent to an activating group) is 1. The van der Waals surface area contributed by atoms with E-state index < -0.39 is 5.91 Å². The van der Waals surface area contributed by atoms with Crippen LogP contribution in [0.2, 0.25) is 5.02 Å². The third kappa shape index (κ3) is 7.32. The smallest absolute Gasteiger partial charge is 0.277 e. The van der Waals surface area contributed by atoms with Crippen molar-refractivity contribution in [3.05, 3.63) is 56.8 Å². The Hall–Kier alpha value is -3.08. The van der Waals surface area contributed by atoms with Crippen molar-refractivity contribution in [3.8, 4) is 0 Å². The molecule has 3 N–H and O–H groups in total. The second-order valence-electron chi connectivity index (χ2n) is 10.2. The molecule has 3 heterocycles. The second-order valence-corrected chi connectivity index (χ2v) is 11.7. The van der Waals surface area contributed by atoms with Crippen LogP contribution in [0.5, 0.6) is 0 Å². The van der Waals surface area contributed by atoms with Gasteiger partial charge in [0.05, 0.1) is 5.69 Å². The Kier molecular flexibility index (Phi) is 9.53. The zero-order valence-corrected chi connectivity index (χ0v) is 24.1. The maximum Gasteiger partial charge on any atom is 0.277 e. The number of nitrogens with one attached hydrogen (secondary N) is 1. The van der Waals surface area contributed by atoms with Gasteiger partial charge in [-0.15, -0.1) is 11.3 Å². The van der Waals surface area contributed by atoms with Crippen LogP contribution in [0.3, 0.4) is 0 Å². The Morgan fingerprint density at radius 3 is 2.62 bits per heavy atom. The molecule has 208 valence electrons. The molecule has 0 unspecified atom stereocenters. The van der Waals surface area contributed by atoms with Crippen LogP contribution in [-0.4, -0.2) is 70.7 Å². The fourth-order valence-electron chi connectivity index (χ4n) is 4.88. The van der Waals surface area contributed by atoms with E-state index in [9.17, 15) is 14.4 Å². The monoisotopic (exact) mass is 570 g/mol. The van der Waals surface area contributed by atoms with Crippen LogP contribution in [0, 0.1) is 5.92 Å². The average molecular weight is 571 g/mol. The average Bonchev–Trinajstić information content (AvgIpc) is 3.36. The number of fused-ring (bicyclic) bond motifs is 2. The molecule has 1 fully saturated rings. The fraction of sp³-hybridized carbons (Fsp3) is 0.464. The molecule has 2 aromatic heterocycles. The lowest BCUT2D eigenvalue weighted by atomic mass is 9.85. The molecule has 0 spiro atoms. The molecule has 1 aliphatic carbocycles. The van der Waals surface area contributed by atoms with Crippen molar-refractivity contribution in [2.45, 2.75) is 51.6 Å². The minimum absolute atomic E-state index is 0.0802. The van der Waals surface area contributed by atoms with Crippen LogP contribution in [0.4, 0.5) is 0 Å². The van der Waals surface area contributed by atoms with E-state index in [0.29, 0.717) is 15.7 Å². The van der Waals surface area contributed by atoms with Gasteiger partial charge in [0.25, 0.3) is 11.8 Å². The van der Waals surface area contributed by atoms with E-state index in [2.05, 4.69) is 27.2 Å².